The lowest BCUT2D eigenvalue weighted by atomic mass is 10.3. The van der Waals surface area contributed by atoms with Crippen LogP contribution in [0.3, 0.4) is 0 Å². The van der Waals surface area contributed by atoms with Crippen LogP contribution in [-0.2, 0) is 13.1 Å². The quantitative estimate of drug-likeness (QED) is 0.860. The molecule has 0 aliphatic heterocycles. The molecule has 2 rings (SSSR count). The van der Waals surface area contributed by atoms with Crippen LogP contribution in [0.15, 0.2) is 39.6 Å². The Labute approximate surface area is 98.3 Å². The first-order chi connectivity index (χ1) is 8.15. The average molecular weight is 235 g/mol. The largest absolute Gasteiger partial charge is 0.478 e. The minimum atomic E-state index is -0.978. The van der Waals surface area contributed by atoms with Gasteiger partial charge in [-0.25, -0.2) is 4.79 Å². The molecule has 0 spiro atoms. The summed E-state index contributed by atoms with van der Waals surface area (Å²) in [6.45, 7) is 1.18. The fourth-order valence-electron chi connectivity index (χ4n) is 1.57. The van der Waals surface area contributed by atoms with Crippen molar-refractivity contribution in [1.29, 1.82) is 0 Å². The van der Waals surface area contributed by atoms with Gasteiger partial charge in [0.15, 0.2) is 0 Å². The molecule has 17 heavy (non-hydrogen) atoms. The Morgan fingerprint density at radius 2 is 2.12 bits per heavy atom. The highest BCUT2D eigenvalue weighted by atomic mass is 16.4. The van der Waals surface area contributed by atoms with Gasteiger partial charge in [0.1, 0.15) is 17.8 Å². The Morgan fingerprint density at radius 3 is 2.71 bits per heavy atom. The first kappa shape index (κ1) is 11.5. The Hall–Kier alpha value is -2.01. The molecule has 0 saturated heterocycles. The standard InChI is InChI=1S/C12H13NO4/c1-13(6-10-3-2-4-16-10)7-11-5-9(8-17-11)12(14)15/h2-5,8H,6-7H2,1H3,(H,14,15). The Kier molecular flexibility index (Phi) is 3.30. The Bertz CT molecular complexity index is 486. The molecule has 1 N–H and O–H groups in total. The summed E-state index contributed by atoms with van der Waals surface area (Å²) >= 11 is 0. The van der Waals surface area contributed by atoms with E-state index in [0.29, 0.717) is 18.8 Å². The van der Waals surface area contributed by atoms with Crippen LogP contribution in [0.4, 0.5) is 0 Å². The van der Waals surface area contributed by atoms with Crippen LogP contribution < -0.4 is 0 Å². The predicted octanol–water partition coefficient (Wildman–Crippen LogP) is 2.20. The van der Waals surface area contributed by atoms with Crippen LogP contribution in [0.25, 0.3) is 0 Å². The molecule has 0 atom stereocenters. The molecule has 2 heterocycles. The highest BCUT2D eigenvalue weighted by molar-refractivity contribution is 5.87. The number of nitrogens with zero attached hydrogens (tertiary/aromatic N) is 1. The van der Waals surface area contributed by atoms with Crippen molar-refractivity contribution in [3.05, 3.63) is 47.8 Å². The fourth-order valence-corrected chi connectivity index (χ4v) is 1.57. The van der Waals surface area contributed by atoms with E-state index >= 15 is 0 Å². The van der Waals surface area contributed by atoms with E-state index in [1.807, 2.05) is 24.1 Å². The van der Waals surface area contributed by atoms with E-state index in [4.69, 9.17) is 13.9 Å². The van der Waals surface area contributed by atoms with Gasteiger partial charge >= 0.3 is 5.97 Å². The van der Waals surface area contributed by atoms with Crippen LogP contribution >= 0.6 is 0 Å². The first-order valence-electron chi connectivity index (χ1n) is 5.17. The van der Waals surface area contributed by atoms with Crippen LogP contribution in [0, 0.1) is 0 Å². The van der Waals surface area contributed by atoms with Gasteiger partial charge in [-0.3, -0.25) is 4.90 Å². The number of hydrogen-bond acceptors (Lipinski definition) is 4. The smallest absolute Gasteiger partial charge is 0.338 e. The average Bonchev–Trinajstić information content (AvgIpc) is 2.88. The van der Waals surface area contributed by atoms with Crippen molar-refractivity contribution in [2.45, 2.75) is 13.1 Å². The van der Waals surface area contributed by atoms with Gasteiger partial charge in [0, 0.05) is 0 Å². The van der Waals surface area contributed by atoms with E-state index in [0.717, 1.165) is 5.76 Å². The van der Waals surface area contributed by atoms with Gasteiger partial charge < -0.3 is 13.9 Å². The van der Waals surface area contributed by atoms with Gasteiger partial charge in [0.25, 0.3) is 0 Å². The Balaban J connectivity index is 1.93. The maximum atomic E-state index is 10.7. The lowest BCUT2D eigenvalue weighted by Crippen LogP contribution is -2.16. The summed E-state index contributed by atoms with van der Waals surface area (Å²) in [6.07, 6.45) is 2.87. The van der Waals surface area contributed by atoms with Gasteiger partial charge in [-0.2, -0.15) is 0 Å². The zero-order chi connectivity index (χ0) is 12.3. The molecule has 0 bridgehead atoms. The number of carboxylic acids is 1. The molecule has 0 radical (unpaired) electrons. The van der Waals surface area contributed by atoms with Crippen molar-refractivity contribution in [3.63, 3.8) is 0 Å². The van der Waals surface area contributed by atoms with Crippen LogP contribution in [0.1, 0.15) is 21.9 Å². The molecule has 5 nitrogen and oxygen atoms in total. The maximum absolute atomic E-state index is 10.7. The van der Waals surface area contributed by atoms with Crippen molar-refractivity contribution in [3.8, 4) is 0 Å². The second kappa shape index (κ2) is 4.88. The van der Waals surface area contributed by atoms with E-state index in [9.17, 15) is 4.79 Å². The van der Waals surface area contributed by atoms with Gasteiger partial charge in [-0.1, -0.05) is 0 Å². The van der Waals surface area contributed by atoms with Gasteiger partial charge in [-0.15, -0.1) is 0 Å². The Morgan fingerprint density at radius 1 is 1.35 bits per heavy atom. The fraction of sp³-hybridized carbons (Fsp3) is 0.250. The van der Waals surface area contributed by atoms with Gasteiger partial charge in [-0.05, 0) is 25.2 Å². The van der Waals surface area contributed by atoms with E-state index < -0.39 is 5.97 Å². The first-order valence-corrected chi connectivity index (χ1v) is 5.17. The lowest BCUT2D eigenvalue weighted by Gasteiger charge is -2.12. The van der Waals surface area contributed by atoms with Crippen LogP contribution in [0.5, 0.6) is 0 Å². The monoisotopic (exact) mass is 235 g/mol. The number of rotatable bonds is 5. The van der Waals surface area contributed by atoms with Crippen molar-refractivity contribution in [2.75, 3.05) is 7.05 Å². The molecule has 0 unspecified atom stereocenters. The summed E-state index contributed by atoms with van der Waals surface area (Å²) in [5.41, 5.74) is 0.173. The molecule has 0 aliphatic rings. The van der Waals surface area contributed by atoms with Gasteiger partial charge in [0.05, 0.1) is 24.9 Å². The minimum absolute atomic E-state index is 0.173. The number of furan rings is 2. The highest BCUT2D eigenvalue weighted by Crippen LogP contribution is 2.12. The third-order valence-corrected chi connectivity index (χ3v) is 2.33. The van der Waals surface area contributed by atoms with E-state index in [2.05, 4.69) is 0 Å². The van der Waals surface area contributed by atoms with Crippen molar-refractivity contribution >= 4 is 5.97 Å². The highest BCUT2D eigenvalue weighted by Gasteiger charge is 2.10. The molecule has 5 heteroatoms. The van der Waals surface area contributed by atoms with Crippen molar-refractivity contribution < 1.29 is 18.7 Å². The zero-order valence-corrected chi connectivity index (χ0v) is 9.42. The molecule has 2 aromatic rings. The molecule has 0 aromatic carbocycles. The van der Waals surface area contributed by atoms with Crippen molar-refractivity contribution in [1.82, 2.24) is 4.90 Å². The summed E-state index contributed by atoms with van der Waals surface area (Å²) in [7, 11) is 1.91. The third kappa shape index (κ3) is 2.98. The number of carboxylic acid groups (broad SMARTS) is 1. The molecular formula is C12H13NO4. The molecule has 0 fully saturated rings. The number of aromatic carboxylic acids is 1. The number of hydrogen-bond donors (Lipinski definition) is 1. The maximum Gasteiger partial charge on any atom is 0.338 e. The normalized spacial score (nSPS) is 10.9. The minimum Gasteiger partial charge on any atom is -0.478 e. The summed E-state index contributed by atoms with van der Waals surface area (Å²) in [4.78, 5) is 12.6. The van der Waals surface area contributed by atoms with Crippen LogP contribution in [-0.4, -0.2) is 23.0 Å². The second-order valence-corrected chi connectivity index (χ2v) is 3.86. The van der Waals surface area contributed by atoms with Gasteiger partial charge in [0.2, 0.25) is 0 Å². The topological polar surface area (TPSA) is 66.8 Å². The van der Waals surface area contributed by atoms with E-state index in [-0.39, 0.29) is 5.56 Å². The predicted molar refractivity (Wildman–Crippen MR) is 59.5 cm³/mol. The summed E-state index contributed by atoms with van der Waals surface area (Å²) in [5.74, 6) is 0.502. The molecule has 2 aromatic heterocycles. The summed E-state index contributed by atoms with van der Waals surface area (Å²) in [5, 5.41) is 8.75. The number of carbonyl (C=O) groups is 1. The summed E-state index contributed by atoms with van der Waals surface area (Å²) in [6, 6.07) is 5.25. The van der Waals surface area contributed by atoms with Crippen LogP contribution in [0.2, 0.25) is 0 Å². The third-order valence-electron chi connectivity index (χ3n) is 2.33. The van der Waals surface area contributed by atoms with E-state index in [1.54, 1.807) is 6.26 Å². The molecule has 0 aliphatic carbocycles. The summed E-state index contributed by atoms with van der Waals surface area (Å²) < 4.78 is 10.4. The molecule has 0 saturated carbocycles. The second-order valence-electron chi connectivity index (χ2n) is 3.86. The zero-order valence-electron chi connectivity index (χ0n) is 9.42. The lowest BCUT2D eigenvalue weighted by molar-refractivity contribution is 0.0696. The SMILES string of the molecule is CN(Cc1ccco1)Cc1cc(C(=O)O)co1. The van der Waals surface area contributed by atoms with E-state index in [1.165, 1.54) is 12.3 Å². The van der Waals surface area contributed by atoms with Crippen molar-refractivity contribution in [2.24, 2.45) is 0 Å². The molecule has 0 amide bonds. The molecule has 90 valence electrons. The molecular weight excluding hydrogens is 222 g/mol.